The number of likely N-dealkylation sites (tertiary alicyclic amines) is 1. The number of nitrogens with zero attached hydrogens (tertiary/aromatic N) is 2. The van der Waals surface area contributed by atoms with Gasteiger partial charge in [-0.2, -0.15) is 0 Å². The molecule has 0 bridgehead atoms. The Labute approximate surface area is 153 Å². The fourth-order valence-corrected chi connectivity index (χ4v) is 3.88. The van der Waals surface area contributed by atoms with Crippen LogP contribution in [-0.4, -0.2) is 29.8 Å². The summed E-state index contributed by atoms with van der Waals surface area (Å²) in [5.74, 6) is -0.324. The van der Waals surface area contributed by atoms with E-state index in [-0.39, 0.29) is 17.7 Å². The second-order valence-corrected chi connectivity index (χ2v) is 7.14. The molecule has 0 radical (unpaired) electrons. The number of benzene rings is 2. The van der Waals surface area contributed by atoms with Gasteiger partial charge in [-0.15, -0.1) is 0 Å². The quantitative estimate of drug-likeness (QED) is 0.926. The van der Waals surface area contributed by atoms with Crippen LogP contribution in [0.5, 0.6) is 0 Å². The lowest BCUT2D eigenvalue weighted by molar-refractivity contribution is -0.123. The maximum Gasteiger partial charge on any atom is 0.253 e. The van der Waals surface area contributed by atoms with Crippen LogP contribution >= 0.6 is 0 Å². The maximum absolute atomic E-state index is 12.7. The van der Waals surface area contributed by atoms with Gasteiger partial charge >= 0.3 is 0 Å². The number of amides is 2. The van der Waals surface area contributed by atoms with E-state index in [0.29, 0.717) is 31.5 Å². The van der Waals surface area contributed by atoms with E-state index in [1.165, 1.54) is 11.1 Å². The number of piperidine rings is 1. The molecule has 5 heteroatoms. The Balaban J connectivity index is 1.41. The largest absolute Gasteiger partial charge is 0.369 e. The number of nitrogens with two attached hydrogens (primary N) is 1. The Bertz CT molecular complexity index is 798. The summed E-state index contributed by atoms with van der Waals surface area (Å²) >= 11 is 0. The number of primary amides is 1. The zero-order valence-corrected chi connectivity index (χ0v) is 14.7. The molecule has 5 nitrogen and oxygen atoms in total. The highest BCUT2D eigenvalue weighted by Gasteiger charge is 2.26. The zero-order chi connectivity index (χ0) is 18.1. The Morgan fingerprint density at radius 3 is 2.00 bits per heavy atom. The fourth-order valence-electron chi connectivity index (χ4n) is 3.88. The van der Waals surface area contributed by atoms with Crippen molar-refractivity contribution in [2.75, 3.05) is 18.0 Å². The maximum atomic E-state index is 12.7. The third-order valence-corrected chi connectivity index (χ3v) is 5.50. The molecule has 0 spiro atoms. The molecule has 0 aliphatic carbocycles. The number of anilines is 1. The standard InChI is InChI=1S/C21H23N3O2/c22-20(25)15-9-11-23(12-10-15)21(26)16-5-7-19(8-6-16)24-13-17-3-1-2-4-18(17)14-24/h1-8,15H,9-14H2,(H2,22,25). The highest BCUT2D eigenvalue weighted by atomic mass is 16.2. The molecule has 0 unspecified atom stereocenters. The SMILES string of the molecule is NC(=O)C1CCN(C(=O)c2ccc(N3Cc4ccccc4C3)cc2)CC1. The summed E-state index contributed by atoms with van der Waals surface area (Å²) in [6.45, 7) is 3.00. The molecule has 2 aromatic rings. The summed E-state index contributed by atoms with van der Waals surface area (Å²) in [4.78, 5) is 28.1. The molecule has 26 heavy (non-hydrogen) atoms. The highest BCUT2D eigenvalue weighted by molar-refractivity contribution is 5.94. The smallest absolute Gasteiger partial charge is 0.253 e. The first-order valence-corrected chi connectivity index (χ1v) is 9.12. The first kappa shape index (κ1) is 16.6. The monoisotopic (exact) mass is 349 g/mol. The summed E-state index contributed by atoms with van der Waals surface area (Å²) in [6, 6.07) is 16.3. The van der Waals surface area contributed by atoms with Gasteiger partial charge in [-0.25, -0.2) is 0 Å². The number of carbonyl (C=O) groups is 2. The van der Waals surface area contributed by atoms with Gasteiger partial charge in [0.25, 0.3) is 5.91 Å². The van der Waals surface area contributed by atoms with Gasteiger partial charge in [0.1, 0.15) is 0 Å². The predicted molar refractivity (Wildman–Crippen MR) is 101 cm³/mol. The van der Waals surface area contributed by atoms with Gasteiger partial charge in [-0.3, -0.25) is 9.59 Å². The van der Waals surface area contributed by atoms with Gasteiger partial charge in [0.05, 0.1) is 0 Å². The Kier molecular flexibility index (Phi) is 4.37. The summed E-state index contributed by atoms with van der Waals surface area (Å²) in [7, 11) is 0. The lowest BCUT2D eigenvalue weighted by atomic mass is 9.96. The Morgan fingerprint density at radius 2 is 1.46 bits per heavy atom. The Hall–Kier alpha value is -2.82. The van der Waals surface area contributed by atoms with Crippen LogP contribution in [0.25, 0.3) is 0 Å². The van der Waals surface area contributed by atoms with Crippen molar-refractivity contribution >= 4 is 17.5 Å². The van der Waals surface area contributed by atoms with Crippen molar-refractivity contribution in [3.05, 3.63) is 65.2 Å². The van der Waals surface area contributed by atoms with Crippen molar-refractivity contribution in [1.29, 1.82) is 0 Å². The molecule has 2 heterocycles. The van der Waals surface area contributed by atoms with Gasteiger partial charge in [0.2, 0.25) is 5.91 Å². The van der Waals surface area contributed by atoms with E-state index in [1.54, 1.807) is 0 Å². The molecule has 1 saturated heterocycles. The molecule has 4 rings (SSSR count). The van der Waals surface area contributed by atoms with Gasteiger partial charge < -0.3 is 15.5 Å². The van der Waals surface area contributed by atoms with Crippen LogP contribution in [-0.2, 0) is 17.9 Å². The summed E-state index contributed by atoms with van der Waals surface area (Å²) in [6.07, 6.45) is 1.32. The third-order valence-electron chi connectivity index (χ3n) is 5.50. The number of carbonyl (C=O) groups excluding carboxylic acids is 2. The summed E-state index contributed by atoms with van der Waals surface area (Å²) in [5, 5.41) is 0. The van der Waals surface area contributed by atoms with E-state index >= 15 is 0 Å². The van der Waals surface area contributed by atoms with Crippen molar-refractivity contribution in [2.45, 2.75) is 25.9 Å². The number of hydrogen-bond donors (Lipinski definition) is 1. The highest BCUT2D eigenvalue weighted by Crippen LogP contribution is 2.28. The number of rotatable bonds is 3. The van der Waals surface area contributed by atoms with Crippen molar-refractivity contribution in [1.82, 2.24) is 4.90 Å². The number of fused-ring (bicyclic) bond motifs is 1. The average molecular weight is 349 g/mol. The molecule has 2 N–H and O–H groups in total. The van der Waals surface area contributed by atoms with Crippen molar-refractivity contribution in [2.24, 2.45) is 11.7 Å². The van der Waals surface area contributed by atoms with E-state index in [1.807, 2.05) is 29.2 Å². The average Bonchev–Trinajstić information content (AvgIpc) is 3.12. The van der Waals surface area contributed by atoms with E-state index in [4.69, 9.17) is 5.73 Å². The van der Waals surface area contributed by atoms with Crippen LogP contribution in [0.2, 0.25) is 0 Å². The molecule has 0 atom stereocenters. The topological polar surface area (TPSA) is 66.6 Å². The minimum absolute atomic E-state index is 0.0316. The van der Waals surface area contributed by atoms with Crippen molar-refractivity contribution in [3.8, 4) is 0 Å². The minimum atomic E-state index is -0.256. The van der Waals surface area contributed by atoms with Crippen LogP contribution in [0.1, 0.15) is 34.3 Å². The second kappa shape index (κ2) is 6.83. The molecule has 0 saturated carbocycles. The van der Waals surface area contributed by atoms with E-state index in [9.17, 15) is 9.59 Å². The van der Waals surface area contributed by atoms with Gasteiger partial charge in [-0.1, -0.05) is 24.3 Å². The minimum Gasteiger partial charge on any atom is -0.369 e. The molecule has 2 aliphatic heterocycles. The third kappa shape index (κ3) is 3.17. The van der Waals surface area contributed by atoms with Crippen LogP contribution in [0, 0.1) is 5.92 Å². The van der Waals surface area contributed by atoms with Crippen LogP contribution < -0.4 is 10.6 Å². The van der Waals surface area contributed by atoms with E-state index < -0.39 is 0 Å². The lowest BCUT2D eigenvalue weighted by Crippen LogP contribution is -2.41. The van der Waals surface area contributed by atoms with Gasteiger partial charge in [0, 0.05) is 43.3 Å². The molecule has 2 aromatic carbocycles. The second-order valence-electron chi connectivity index (χ2n) is 7.14. The summed E-state index contributed by atoms with van der Waals surface area (Å²) in [5.41, 5.74) is 9.92. The fraction of sp³-hybridized carbons (Fsp3) is 0.333. The van der Waals surface area contributed by atoms with Gasteiger partial charge in [0.15, 0.2) is 0 Å². The van der Waals surface area contributed by atoms with Gasteiger partial charge in [-0.05, 0) is 48.2 Å². The Morgan fingerprint density at radius 1 is 0.885 bits per heavy atom. The van der Waals surface area contributed by atoms with Crippen molar-refractivity contribution < 1.29 is 9.59 Å². The molecule has 1 fully saturated rings. The molecule has 2 amide bonds. The van der Waals surface area contributed by atoms with Crippen LogP contribution in [0.4, 0.5) is 5.69 Å². The lowest BCUT2D eigenvalue weighted by Gasteiger charge is -2.30. The van der Waals surface area contributed by atoms with E-state index in [2.05, 4.69) is 29.2 Å². The number of hydrogen-bond acceptors (Lipinski definition) is 3. The molecule has 0 aromatic heterocycles. The zero-order valence-electron chi connectivity index (χ0n) is 14.7. The summed E-state index contributed by atoms with van der Waals surface area (Å²) < 4.78 is 0. The predicted octanol–water partition coefficient (Wildman–Crippen LogP) is 2.54. The van der Waals surface area contributed by atoms with Crippen LogP contribution in [0.15, 0.2) is 48.5 Å². The molecule has 134 valence electrons. The van der Waals surface area contributed by atoms with Crippen molar-refractivity contribution in [3.63, 3.8) is 0 Å². The first-order chi connectivity index (χ1) is 12.6. The molecular weight excluding hydrogens is 326 g/mol. The normalized spacial score (nSPS) is 17.2. The van der Waals surface area contributed by atoms with E-state index in [0.717, 1.165) is 18.8 Å². The molecule has 2 aliphatic rings. The first-order valence-electron chi connectivity index (χ1n) is 9.12. The molecular formula is C21H23N3O2. The van der Waals surface area contributed by atoms with Crippen LogP contribution in [0.3, 0.4) is 0 Å².